The van der Waals surface area contributed by atoms with Crippen LogP contribution in [-0.2, 0) is 23.2 Å². The summed E-state index contributed by atoms with van der Waals surface area (Å²) in [6, 6.07) is 12.7. The molecule has 0 radical (unpaired) electrons. The van der Waals surface area contributed by atoms with Gasteiger partial charge in [0, 0.05) is 25.6 Å². The van der Waals surface area contributed by atoms with Crippen LogP contribution in [-0.4, -0.2) is 53.2 Å². The highest BCUT2D eigenvalue weighted by atomic mass is 16.2. The minimum absolute atomic E-state index is 0.225. The van der Waals surface area contributed by atoms with Gasteiger partial charge < -0.3 is 9.47 Å². The highest BCUT2D eigenvalue weighted by molar-refractivity contribution is 6.05. The van der Waals surface area contributed by atoms with Gasteiger partial charge in [0.25, 0.3) is 5.91 Å². The van der Waals surface area contributed by atoms with Crippen molar-refractivity contribution in [3.8, 4) is 17.2 Å². The SMILES string of the molecule is Cn1c(-c2cn(-c3ccc4c(c3)C(=O)N(C3CCC(=O)NC3=O)C4)nn2)nc2ccccc21. The molecule has 33 heavy (non-hydrogen) atoms. The molecule has 2 aromatic heterocycles. The highest BCUT2D eigenvalue weighted by Crippen LogP contribution is 2.29. The number of hydrogen-bond acceptors (Lipinski definition) is 6. The number of fused-ring (bicyclic) bond motifs is 2. The van der Waals surface area contributed by atoms with Crippen LogP contribution in [0.5, 0.6) is 0 Å². The van der Waals surface area contributed by atoms with Gasteiger partial charge in [-0.1, -0.05) is 23.4 Å². The first-order valence-corrected chi connectivity index (χ1v) is 10.6. The molecule has 1 unspecified atom stereocenters. The molecule has 1 atom stereocenters. The lowest BCUT2D eigenvalue weighted by atomic mass is 10.0. The molecule has 10 nitrogen and oxygen atoms in total. The van der Waals surface area contributed by atoms with Crippen molar-refractivity contribution in [2.75, 3.05) is 0 Å². The first-order valence-electron chi connectivity index (χ1n) is 10.6. The lowest BCUT2D eigenvalue weighted by Crippen LogP contribution is -2.52. The normalized spacial score (nSPS) is 18.2. The largest absolute Gasteiger partial charge is 0.326 e. The monoisotopic (exact) mass is 441 g/mol. The minimum Gasteiger partial charge on any atom is -0.326 e. The summed E-state index contributed by atoms with van der Waals surface area (Å²) in [4.78, 5) is 43.0. The van der Waals surface area contributed by atoms with E-state index in [4.69, 9.17) is 0 Å². The Hall–Kier alpha value is -4.34. The van der Waals surface area contributed by atoms with Crippen LogP contribution in [0.1, 0.15) is 28.8 Å². The fourth-order valence-electron chi connectivity index (χ4n) is 4.55. The second-order valence-electron chi connectivity index (χ2n) is 8.27. The van der Waals surface area contributed by atoms with Gasteiger partial charge in [-0.25, -0.2) is 9.67 Å². The molecular formula is C23H19N7O3. The van der Waals surface area contributed by atoms with E-state index >= 15 is 0 Å². The van der Waals surface area contributed by atoms with Crippen molar-refractivity contribution < 1.29 is 14.4 Å². The molecular weight excluding hydrogens is 422 g/mol. The maximum atomic E-state index is 13.1. The van der Waals surface area contributed by atoms with Crippen LogP contribution in [0.15, 0.2) is 48.7 Å². The van der Waals surface area contributed by atoms with Gasteiger partial charge in [-0.05, 0) is 36.2 Å². The zero-order valence-corrected chi connectivity index (χ0v) is 17.7. The molecule has 1 saturated heterocycles. The van der Waals surface area contributed by atoms with Crippen LogP contribution >= 0.6 is 0 Å². The standard InChI is InChI=1S/C23H19N7O3/c1-28-18-5-3-2-4-16(18)24-21(28)17-12-30(27-26-17)14-7-6-13-11-29(23(33)15(13)10-14)19-8-9-20(31)25-22(19)32/h2-7,10,12,19H,8-9,11H2,1H3,(H,25,31,32). The number of aryl methyl sites for hydroxylation is 1. The van der Waals surface area contributed by atoms with Gasteiger partial charge in [0.05, 0.1) is 22.9 Å². The Balaban J connectivity index is 1.30. The van der Waals surface area contributed by atoms with Crippen LogP contribution in [0.25, 0.3) is 28.2 Å². The molecule has 4 heterocycles. The summed E-state index contributed by atoms with van der Waals surface area (Å²) in [5.41, 5.74) is 4.54. The number of benzene rings is 2. The number of amides is 3. The average Bonchev–Trinajstić information content (AvgIpc) is 3.51. The van der Waals surface area contributed by atoms with E-state index in [1.165, 1.54) is 4.90 Å². The van der Waals surface area contributed by atoms with E-state index in [-0.39, 0.29) is 18.2 Å². The lowest BCUT2D eigenvalue weighted by molar-refractivity contribution is -0.136. The van der Waals surface area contributed by atoms with Gasteiger partial charge >= 0.3 is 0 Å². The van der Waals surface area contributed by atoms with Crippen molar-refractivity contribution in [2.45, 2.75) is 25.4 Å². The smallest absolute Gasteiger partial charge is 0.255 e. The number of nitrogens with zero attached hydrogens (tertiary/aromatic N) is 6. The average molecular weight is 441 g/mol. The van der Waals surface area contributed by atoms with E-state index in [1.54, 1.807) is 16.9 Å². The lowest BCUT2D eigenvalue weighted by Gasteiger charge is -2.29. The summed E-state index contributed by atoms with van der Waals surface area (Å²) < 4.78 is 3.57. The van der Waals surface area contributed by atoms with E-state index in [9.17, 15) is 14.4 Å². The number of carbonyl (C=O) groups excluding carboxylic acids is 3. The topological polar surface area (TPSA) is 115 Å². The number of carbonyl (C=O) groups is 3. The molecule has 6 rings (SSSR count). The molecule has 164 valence electrons. The number of hydrogen-bond donors (Lipinski definition) is 1. The van der Waals surface area contributed by atoms with Crippen molar-refractivity contribution >= 4 is 28.8 Å². The summed E-state index contributed by atoms with van der Waals surface area (Å²) in [6.07, 6.45) is 2.34. The third-order valence-corrected chi connectivity index (χ3v) is 6.29. The molecule has 4 aromatic rings. The Morgan fingerprint density at radius 3 is 2.76 bits per heavy atom. The maximum absolute atomic E-state index is 13.1. The van der Waals surface area contributed by atoms with Gasteiger partial charge in [0.2, 0.25) is 11.8 Å². The van der Waals surface area contributed by atoms with Gasteiger partial charge in [-0.3, -0.25) is 19.7 Å². The number of para-hydroxylation sites is 2. The maximum Gasteiger partial charge on any atom is 0.255 e. The molecule has 2 aromatic carbocycles. The Kier molecular flexibility index (Phi) is 4.16. The third kappa shape index (κ3) is 3.02. The molecule has 0 spiro atoms. The number of piperidine rings is 1. The van der Waals surface area contributed by atoms with Crippen LogP contribution in [0.2, 0.25) is 0 Å². The molecule has 2 aliphatic rings. The Morgan fingerprint density at radius 1 is 1.09 bits per heavy atom. The Bertz CT molecular complexity index is 1470. The molecule has 10 heteroatoms. The third-order valence-electron chi connectivity index (χ3n) is 6.29. The Morgan fingerprint density at radius 2 is 1.94 bits per heavy atom. The first-order chi connectivity index (χ1) is 16.0. The van der Waals surface area contributed by atoms with E-state index < -0.39 is 11.9 Å². The predicted molar refractivity (Wildman–Crippen MR) is 117 cm³/mol. The summed E-state index contributed by atoms with van der Waals surface area (Å²) in [6.45, 7) is 0.336. The van der Waals surface area contributed by atoms with Crippen molar-refractivity contribution in [1.82, 2.24) is 34.8 Å². The molecule has 1 N–H and O–H groups in total. The molecule has 1 fully saturated rings. The number of imidazole rings is 1. The second kappa shape index (κ2) is 7.09. The fraction of sp³-hybridized carbons (Fsp3) is 0.217. The number of imide groups is 1. The van der Waals surface area contributed by atoms with Crippen LogP contribution in [0.3, 0.4) is 0 Å². The molecule has 3 amide bonds. The summed E-state index contributed by atoms with van der Waals surface area (Å²) in [5.74, 6) is -0.248. The summed E-state index contributed by atoms with van der Waals surface area (Å²) in [7, 11) is 1.93. The Labute approximate surface area is 187 Å². The quantitative estimate of drug-likeness (QED) is 0.483. The molecule has 0 aliphatic carbocycles. The van der Waals surface area contributed by atoms with E-state index in [2.05, 4.69) is 20.6 Å². The zero-order chi connectivity index (χ0) is 22.7. The zero-order valence-electron chi connectivity index (χ0n) is 17.7. The number of rotatable bonds is 3. The van der Waals surface area contributed by atoms with Gasteiger partial charge in [0.1, 0.15) is 11.7 Å². The van der Waals surface area contributed by atoms with Crippen LogP contribution in [0, 0.1) is 0 Å². The molecule has 0 saturated carbocycles. The number of aromatic nitrogens is 5. The van der Waals surface area contributed by atoms with Crippen molar-refractivity contribution in [2.24, 2.45) is 7.05 Å². The number of nitrogens with one attached hydrogen (secondary N) is 1. The predicted octanol–water partition coefficient (Wildman–Crippen LogP) is 1.58. The minimum atomic E-state index is -0.637. The second-order valence-corrected chi connectivity index (χ2v) is 8.27. The van der Waals surface area contributed by atoms with Gasteiger partial charge in [-0.2, -0.15) is 0 Å². The summed E-state index contributed by atoms with van der Waals surface area (Å²) in [5, 5.41) is 10.8. The van der Waals surface area contributed by atoms with E-state index in [0.29, 0.717) is 35.7 Å². The summed E-state index contributed by atoms with van der Waals surface area (Å²) >= 11 is 0. The highest BCUT2D eigenvalue weighted by Gasteiger charge is 2.39. The van der Waals surface area contributed by atoms with Crippen molar-refractivity contribution in [3.63, 3.8) is 0 Å². The van der Waals surface area contributed by atoms with Gasteiger partial charge in [0.15, 0.2) is 5.82 Å². The van der Waals surface area contributed by atoms with Gasteiger partial charge in [-0.15, -0.1) is 5.10 Å². The van der Waals surface area contributed by atoms with Crippen molar-refractivity contribution in [1.29, 1.82) is 0 Å². The fourth-order valence-corrected chi connectivity index (χ4v) is 4.55. The van der Waals surface area contributed by atoms with Crippen LogP contribution in [0.4, 0.5) is 0 Å². The molecule has 0 bridgehead atoms. The van der Waals surface area contributed by atoms with Crippen LogP contribution < -0.4 is 5.32 Å². The van der Waals surface area contributed by atoms with E-state index in [1.807, 2.05) is 48.0 Å². The first kappa shape index (κ1) is 19.4. The van der Waals surface area contributed by atoms with E-state index in [0.717, 1.165) is 16.6 Å². The molecule has 2 aliphatic heterocycles. The van der Waals surface area contributed by atoms with Crippen molar-refractivity contribution in [3.05, 3.63) is 59.8 Å².